The van der Waals surface area contributed by atoms with Gasteiger partial charge in [-0.2, -0.15) is 0 Å². The molecule has 6 heteroatoms. The highest BCUT2D eigenvalue weighted by molar-refractivity contribution is 6.31. The molecule has 2 aromatic carbocycles. The van der Waals surface area contributed by atoms with Crippen LogP contribution in [0.25, 0.3) is 0 Å². The van der Waals surface area contributed by atoms with E-state index in [2.05, 4.69) is 5.32 Å². The summed E-state index contributed by atoms with van der Waals surface area (Å²) in [5.74, 6) is -0.863. The number of rotatable bonds is 5. The first-order chi connectivity index (χ1) is 10.4. The Morgan fingerprint density at radius 1 is 1.09 bits per heavy atom. The van der Waals surface area contributed by atoms with Crippen molar-refractivity contribution in [2.45, 2.75) is 19.9 Å². The second-order valence-electron chi connectivity index (χ2n) is 4.76. The summed E-state index contributed by atoms with van der Waals surface area (Å²) in [4.78, 5) is 0. The van der Waals surface area contributed by atoms with Crippen LogP contribution in [0.15, 0.2) is 30.3 Å². The van der Waals surface area contributed by atoms with Crippen LogP contribution in [0, 0.1) is 11.6 Å². The normalized spacial score (nSPS) is 12.3. The molecule has 0 bridgehead atoms. The second kappa shape index (κ2) is 7.27. The first-order valence-electron chi connectivity index (χ1n) is 6.77. The number of nitrogens with one attached hydrogen (secondary N) is 1. The molecule has 1 atom stereocenters. The van der Waals surface area contributed by atoms with Gasteiger partial charge in [-0.3, -0.25) is 0 Å². The van der Waals surface area contributed by atoms with Gasteiger partial charge in [-0.05, 0) is 37.7 Å². The number of benzene rings is 2. The van der Waals surface area contributed by atoms with Crippen molar-refractivity contribution in [1.82, 2.24) is 5.32 Å². The summed E-state index contributed by atoms with van der Waals surface area (Å²) >= 11 is 11.5. The number of hydrogen-bond donors (Lipinski definition) is 1. The molecule has 0 aliphatic rings. The van der Waals surface area contributed by atoms with Gasteiger partial charge in [-0.15, -0.1) is 0 Å². The Kier molecular flexibility index (Phi) is 5.62. The molecule has 2 aromatic rings. The van der Waals surface area contributed by atoms with Gasteiger partial charge < -0.3 is 10.1 Å². The number of halogens is 4. The van der Waals surface area contributed by atoms with E-state index in [0.717, 1.165) is 6.07 Å². The monoisotopic (exact) mass is 345 g/mol. The SMILES string of the molecule is CCNC(C)c1cc(F)c(Cl)cc1Oc1ccc(Cl)cc1F. The lowest BCUT2D eigenvalue weighted by atomic mass is 10.1. The molecule has 2 rings (SSSR count). The van der Waals surface area contributed by atoms with E-state index in [4.69, 9.17) is 27.9 Å². The third-order valence-corrected chi connectivity index (χ3v) is 3.67. The standard InChI is InChI=1S/C16H15Cl2F2NO/c1-3-21-9(2)11-7-13(19)12(18)8-16(11)22-15-5-4-10(17)6-14(15)20/h4-9,21H,3H2,1-2H3. The molecule has 0 spiro atoms. The van der Waals surface area contributed by atoms with Crippen molar-refractivity contribution in [3.8, 4) is 11.5 Å². The van der Waals surface area contributed by atoms with Gasteiger partial charge in [0, 0.05) is 22.7 Å². The van der Waals surface area contributed by atoms with Crippen LogP contribution >= 0.6 is 23.2 Å². The van der Waals surface area contributed by atoms with Gasteiger partial charge in [0.2, 0.25) is 0 Å². The van der Waals surface area contributed by atoms with Crippen LogP contribution in [-0.2, 0) is 0 Å². The Bertz CT molecular complexity index is 679. The lowest BCUT2D eigenvalue weighted by Gasteiger charge is -2.18. The minimum absolute atomic E-state index is 0.00276. The molecule has 2 nitrogen and oxygen atoms in total. The van der Waals surface area contributed by atoms with Crippen LogP contribution in [0.1, 0.15) is 25.5 Å². The average Bonchev–Trinajstić information content (AvgIpc) is 2.45. The van der Waals surface area contributed by atoms with Gasteiger partial charge in [0.25, 0.3) is 0 Å². The van der Waals surface area contributed by atoms with Crippen LogP contribution in [0.2, 0.25) is 10.0 Å². The van der Waals surface area contributed by atoms with Gasteiger partial charge in [-0.25, -0.2) is 8.78 Å². The minimum Gasteiger partial charge on any atom is -0.454 e. The predicted molar refractivity (Wildman–Crippen MR) is 85.0 cm³/mol. The fourth-order valence-electron chi connectivity index (χ4n) is 2.06. The molecule has 22 heavy (non-hydrogen) atoms. The van der Waals surface area contributed by atoms with E-state index < -0.39 is 11.6 Å². The van der Waals surface area contributed by atoms with Gasteiger partial charge in [0.1, 0.15) is 11.6 Å². The summed E-state index contributed by atoms with van der Waals surface area (Å²) < 4.78 is 33.2. The zero-order valence-electron chi connectivity index (χ0n) is 12.1. The highest BCUT2D eigenvalue weighted by Crippen LogP contribution is 2.35. The van der Waals surface area contributed by atoms with E-state index in [9.17, 15) is 8.78 Å². The summed E-state index contributed by atoms with van der Waals surface area (Å²) in [6.45, 7) is 4.49. The Morgan fingerprint density at radius 2 is 1.82 bits per heavy atom. The lowest BCUT2D eigenvalue weighted by Crippen LogP contribution is -2.18. The Labute approximate surface area is 138 Å². The maximum Gasteiger partial charge on any atom is 0.167 e. The molecule has 0 fully saturated rings. The quantitative estimate of drug-likeness (QED) is 0.746. The highest BCUT2D eigenvalue weighted by atomic mass is 35.5. The molecule has 0 aromatic heterocycles. The van der Waals surface area contributed by atoms with Crippen molar-refractivity contribution in [3.63, 3.8) is 0 Å². The van der Waals surface area contributed by atoms with Crippen LogP contribution in [0.3, 0.4) is 0 Å². The van der Waals surface area contributed by atoms with E-state index in [0.29, 0.717) is 17.9 Å². The lowest BCUT2D eigenvalue weighted by molar-refractivity contribution is 0.428. The topological polar surface area (TPSA) is 21.3 Å². The molecule has 118 valence electrons. The van der Waals surface area contributed by atoms with Crippen LogP contribution in [0.5, 0.6) is 11.5 Å². The van der Waals surface area contributed by atoms with Crippen LogP contribution in [0.4, 0.5) is 8.78 Å². The zero-order chi connectivity index (χ0) is 16.3. The summed E-state index contributed by atoms with van der Waals surface area (Å²) in [7, 11) is 0. The highest BCUT2D eigenvalue weighted by Gasteiger charge is 2.17. The molecule has 0 amide bonds. The van der Waals surface area contributed by atoms with Crippen LogP contribution in [-0.4, -0.2) is 6.54 Å². The Morgan fingerprint density at radius 3 is 2.45 bits per heavy atom. The van der Waals surface area contributed by atoms with Crippen molar-refractivity contribution in [2.24, 2.45) is 0 Å². The van der Waals surface area contributed by atoms with Crippen molar-refractivity contribution in [3.05, 3.63) is 57.6 Å². The summed E-state index contributed by atoms with van der Waals surface area (Å²) in [5, 5.41) is 3.33. The smallest absolute Gasteiger partial charge is 0.167 e. The van der Waals surface area contributed by atoms with Crippen molar-refractivity contribution in [1.29, 1.82) is 0 Å². The largest absolute Gasteiger partial charge is 0.454 e. The summed E-state index contributed by atoms with van der Waals surface area (Å²) in [6, 6.07) is 6.53. The van der Waals surface area contributed by atoms with Gasteiger partial charge in [0.05, 0.1) is 5.02 Å². The molecule has 0 radical (unpaired) electrons. The molecular formula is C16H15Cl2F2NO. The first kappa shape index (κ1) is 17.0. The molecular weight excluding hydrogens is 331 g/mol. The fraction of sp³-hybridized carbons (Fsp3) is 0.250. The maximum absolute atomic E-state index is 13.9. The third kappa shape index (κ3) is 3.88. The summed E-state index contributed by atoms with van der Waals surface area (Å²) in [6.07, 6.45) is 0. The third-order valence-electron chi connectivity index (χ3n) is 3.14. The van der Waals surface area contributed by atoms with Gasteiger partial charge >= 0.3 is 0 Å². The molecule has 0 aliphatic heterocycles. The van der Waals surface area contributed by atoms with E-state index >= 15 is 0 Å². The van der Waals surface area contributed by atoms with Crippen LogP contribution < -0.4 is 10.1 Å². The maximum atomic E-state index is 13.9. The summed E-state index contributed by atoms with van der Waals surface area (Å²) in [5.41, 5.74) is 0.554. The molecule has 1 N–H and O–H groups in total. The fourth-order valence-corrected chi connectivity index (χ4v) is 2.38. The average molecular weight is 346 g/mol. The van der Waals surface area contributed by atoms with Gasteiger partial charge in [-0.1, -0.05) is 30.1 Å². The zero-order valence-corrected chi connectivity index (χ0v) is 13.6. The molecule has 1 unspecified atom stereocenters. The first-order valence-corrected chi connectivity index (χ1v) is 7.53. The second-order valence-corrected chi connectivity index (χ2v) is 5.60. The van der Waals surface area contributed by atoms with Crippen molar-refractivity contribution >= 4 is 23.2 Å². The van der Waals surface area contributed by atoms with E-state index in [1.54, 1.807) is 0 Å². The minimum atomic E-state index is -0.602. The Balaban J connectivity index is 2.42. The van der Waals surface area contributed by atoms with Crippen molar-refractivity contribution < 1.29 is 13.5 Å². The van der Waals surface area contributed by atoms with E-state index in [1.807, 2.05) is 13.8 Å². The number of hydrogen-bond acceptors (Lipinski definition) is 2. The molecule has 0 aliphatic carbocycles. The molecule has 0 saturated carbocycles. The Hall–Kier alpha value is -1.36. The number of ether oxygens (including phenoxy) is 1. The van der Waals surface area contributed by atoms with Crippen molar-refractivity contribution in [2.75, 3.05) is 6.54 Å². The van der Waals surface area contributed by atoms with E-state index in [1.165, 1.54) is 24.3 Å². The van der Waals surface area contributed by atoms with E-state index in [-0.39, 0.29) is 21.8 Å². The predicted octanol–water partition coefficient (Wildman–Crippen LogP) is 5.73. The van der Waals surface area contributed by atoms with Gasteiger partial charge in [0.15, 0.2) is 11.6 Å². The molecule has 0 saturated heterocycles. The molecule has 0 heterocycles.